The molecule has 2 amide bonds. The number of piperazine rings is 1. The summed E-state index contributed by atoms with van der Waals surface area (Å²) < 4.78 is 26.4. The zero-order valence-electron chi connectivity index (χ0n) is 16.3. The Labute approximate surface area is 165 Å². The predicted octanol–water partition coefficient (Wildman–Crippen LogP) is 5.00. The molecule has 0 spiro atoms. The minimum absolute atomic E-state index is 0.0242. The van der Waals surface area contributed by atoms with Gasteiger partial charge in [-0.2, -0.15) is 0 Å². The Morgan fingerprint density at radius 2 is 1.75 bits per heavy atom. The van der Waals surface area contributed by atoms with Crippen molar-refractivity contribution in [1.29, 1.82) is 0 Å². The molecule has 0 bridgehead atoms. The van der Waals surface area contributed by atoms with Crippen LogP contribution in [0.3, 0.4) is 0 Å². The molecule has 1 fully saturated rings. The van der Waals surface area contributed by atoms with Crippen LogP contribution in [-0.2, 0) is 6.54 Å². The van der Waals surface area contributed by atoms with Crippen LogP contribution >= 0.6 is 0 Å². The minimum Gasteiger partial charge on any atom is -0.319 e. The maximum absolute atomic E-state index is 13.2. The summed E-state index contributed by atoms with van der Waals surface area (Å²) in [6.07, 6.45) is -2.62. The number of alkyl halides is 2. The summed E-state index contributed by atoms with van der Waals surface area (Å²) in [5.41, 5.74) is 1.27. The molecule has 0 saturated carbocycles. The molecule has 0 aromatic heterocycles. The Kier molecular flexibility index (Phi) is 6.62. The van der Waals surface area contributed by atoms with Crippen molar-refractivity contribution in [1.82, 2.24) is 9.80 Å². The lowest BCUT2D eigenvalue weighted by Crippen LogP contribution is -2.57. The van der Waals surface area contributed by atoms with Gasteiger partial charge in [-0.15, -0.1) is 0 Å². The molecule has 1 N–H and O–H groups in total. The van der Waals surface area contributed by atoms with E-state index in [9.17, 15) is 13.6 Å². The standard InChI is InChI=1S/C22H27F2N3O/c1-16(2)20-15-26(14-17-8-4-3-5-9-17)12-13-27(20)22(28)25-19-11-7-6-10-18(19)21(23)24/h3-11,16,20-21H,12-15H2,1-2H3,(H,25,28)/t20-/m1/s1. The smallest absolute Gasteiger partial charge is 0.319 e. The van der Waals surface area contributed by atoms with Gasteiger partial charge >= 0.3 is 6.03 Å². The van der Waals surface area contributed by atoms with E-state index < -0.39 is 6.43 Å². The van der Waals surface area contributed by atoms with E-state index in [2.05, 4.69) is 36.2 Å². The number of benzene rings is 2. The number of anilines is 1. The zero-order valence-corrected chi connectivity index (χ0v) is 16.3. The molecule has 1 heterocycles. The van der Waals surface area contributed by atoms with Crippen molar-refractivity contribution in [3.05, 3.63) is 65.7 Å². The van der Waals surface area contributed by atoms with E-state index in [1.165, 1.54) is 17.7 Å². The van der Waals surface area contributed by atoms with Crippen molar-refractivity contribution in [2.75, 3.05) is 25.0 Å². The molecule has 150 valence electrons. The van der Waals surface area contributed by atoms with Crippen molar-refractivity contribution < 1.29 is 13.6 Å². The van der Waals surface area contributed by atoms with Crippen LogP contribution in [0.25, 0.3) is 0 Å². The van der Waals surface area contributed by atoms with E-state index in [4.69, 9.17) is 0 Å². The third-order valence-corrected chi connectivity index (χ3v) is 5.22. The van der Waals surface area contributed by atoms with Gasteiger partial charge < -0.3 is 10.2 Å². The number of amides is 2. The number of carbonyl (C=O) groups is 1. The molecule has 0 radical (unpaired) electrons. The van der Waals surface area contributed by atoms with Crippen LogP contribution in [0.1, 0.15) is 31.4 Å². The number of hydrogen-bond donors (Lipinski definition) is 1. The van der Waals surface area contributed by atoms with Crippen LogP contribution in [0.5, 0.6) is 0 Å². The largest absolute Gasteiger partial charge is 0.322 e. The van der Waals surface area contributed by atoms with Crippen LogP contribution in [0, 0.1) is 5.92 Å². The zero-order chi connectivity index (χ0) is 20.1. The third-order valence-electron chi connectivity index (χ3n) is 5.22. The number of halogens is 2. The van der Waals surface area contributed by atoms with E-state index in [1.807, 2.05) is 18.2 Å². The van der Waals surface area contributed by atoms with Crippen LogP contribution in [0.15, 0.2) is 54.6 Å². The van der Waals surface area contributed by atoms with Crippen LogP contribution in [0.4, 0.5) is 19.3 Å². The average Bonchev–Trinajstić information content (AvgIpc) is 2.69. The highest BCUT2D eigenvalue weighted by atomic mass is 19.3. The molecule has 4 nitrogen and oxygen atoms in total. The highest BCUT2D eigenvalue weighted by molar-refractivity contribution is 5.90. The first-order valence-corrected chi connectivity index (χ1v) is 9.66. The van der Waals surface area contributed by atoms with Gasteiger partial charge in [0.05, 0.1) is 5.69 Å². The number of carbonyl (C=O) groups excluding carboxylic acids is 1. The number of nitrogens with one attached hydrogen (secondary N) is 1. The number of nitrogens with zero attached hydrogens (tertiary/aromatic N) is 2. The Bertz CT molecular complexity index is 782. The molecule has 1 aliphatic rings. The van der Waals surface area contributed by atoms with E-state index in [1.54, 1.807) is 17.0 Å². The number of para-hydroxylation sites is 1. The van der Waals surface area contributed by atoms with Gasteiger partial charge in [-0.25, -0.2) is 13.6 Å². The lowest BCUT2D eigenvalue weighted by Gasteiger charge is -2.43. The van der Waals surface area contributed by atoms with E-state index in [0.29, 0.717) is 6.54 Å². The molecule has 1 saturated heterocycles. The molecule has 2 aromatic rings. The fourth-order valence-electron chi connectivity index (χ4n) is 3.67. The Morgan fingerprint density at radius 1 is 1.07 bits per heavy atom. The maximum atomic E-state index is 13.2. The second-order valence-corrected chi connectivity index (χ2v) is 7.54. The van der Waals surface area contributed by atoms with Crippen molar-refractivity contribution in [2.24, 2.45) is 5.92 Å². The molecule has 1 atom stereocenters. The fourth-order valence-corrected chi connectivity index (χ4v) is 3.67. The van der Waals surface area contributed by atoms with Crippen molar-refractivity contribution >= 4 is 11.7 Å². The molecule has 3 rings (SSSR count). The summed E-state index contributed by atoms with van der Waals surface area (Å²) in [5, 5.41) is 2.70. The van der Waals surface area contributed by atoms with Crippen LogP contribution < -0.4 is 5.32 Å². The number of rotatable bonds is 5. The molecule has 28 heavy (non-hydrogen) atoms. The average molecular weight is 387 g/mol. The van der Waals surface area contributed by atoms with E-state index >= 15 is 0 Å². The van der Waals surface area contributed by atoms with E-state index in [-0.39, 0.29) is 29.2 Å². The highest BCUT2D eigenvalue weighted by Crippen LogP contribution is 2.27. The van der Waals surface area contributed by atoms with Crippen molar-refractivity contribution in [3.63, 3.8) is 0 Å². The molecule has 0 unspecified atom stereocenters. The Morgan fingerprint density at radius 3 is 2.43 bits per heavy atom. The third kappa shape index (κ3) is 4.87. The number of hydrogen-bond acceptors (Lipinski definition) is 2. The van der Waals surface area contributed by atoms with Gasteiger partial charge in [0, 0.05) is 37.8 Å². The van der Waals surface area contributed by atoms with Gasteiger partial charge in [0.15, 0.2) is 0 Å². The lowest BCUT2D eigenvalue weighted by atomic mass is 9.99. The number of urea groups is 1. The molecule has 2 aromatic carbocycles. The molecular weight excluding hydrogens is 360 g/mol. The van der Waals surface area contributed by atoms with Crippen LogP contribution in [0.2, 0.25) is 0 Å². The molecule has 1 aliphatic heterocycles. The van der Waals surface area contributed by atoms with Crippen molar-refractivity contribution in [2.45, 2.75) is 32.9 Å². The predicted molar refractivity (Wildman–Crippen MR) is 107 cm³/mol. The summed E-state index contributed by atoms with van der Waals surface area (Å²) in [6, 6.07) is 16.0. The summed E-state index contributed by atoms with van der Waals surface area (Å²) in [5.74, 6) is 0.259. The van der Waals surface area contributed by atoms with Gasteiger partial charge in [-0.3, -0.25) is 4.90 Å². The van der Waals surface area contributed by atoms with Crippen LogP contribution in [-0.4, -0.2) is 41.5 Å². The van der Waals surface area contributed by atoms with Crippen molar-refractivity contribution in [3.8, 4) is 0 Å². The normalized spacial score (nSPS) is 17.9. The monoisotopic (exact) mass is 387 g/mol. The topological polar surface area (TPSA) is 35.6 Å². The minimum atomic E-state index is -2.62. The quantitative estimate of drug-likeness (QED) is 0.784. The van der Waals surface area contributed by atoms with Gasteiger partial charge in [-0.05, 0) is 17.5 Å². The highest BCUT2D eigenvalue weighted by Gasteiger charge is 2.32. The summed E-state index contributed by atoms with van der Waals surface area (Å²) >= 11 is 0. The Balaban J connectivity index is 1.69. The van der Waals surface area contributed by atoms with Gasteiger partial charge in [-0.1, -0.05) is 62.4 Å². The summed E-state index contributed by atoms with van der Waals surface area (Å²) in [6.45, 7) is 7.10. The lowest BCUT2D eigenvalue weighted by molar-refractivity contribution is 0.0738. The van der Waals surface area contributed by atoms with Gasteiger partial charge in [0.2, 0.25) is 0 Å². The molecule has 6 heteroatoms. The SMILES string of the molecule is CC(C)[C@H]1CN(Cc2ccccc2)CCN1C(=O)Nc1ccccc1C(F)F. The molecule has 0 aliphatic carbocycles. The Hall–Kier alpha value is -2.47. The van der Waals surface area contributed by atoms with Gasteiger partial charge in [0.25, 0.3) is 6.43 Å². The van der Waals surface area contributed by atoms with E-state index in [0.717, 1.165) is 19.6 Å². The first-order chi connectivity index (χ1) is 13.5. The fraction of sp³-hybridized carbons (Fsp3) is 0.409. The maximum Gasteiger partial charge on any atom is 0.322 e. The molecular formula is C22H27F2N3O. The first-order valence-electron chi connectivity index (χ1n) is 9.66. The second kappa shape index (κ2) is 9.15. The summed E-state index contributed by atoms with van der Waals surface area (Å²) in [4.78, 5) is 17.0. The van der Waals surface area contributed by atoms with Gasteiger partial charge in [0.1, 0.15) is 0 Å². The summed E-state index contributed by atoms with van der Waals surface area (Å²) in [7, 11) is 0. The first kappa shape index (κ1) is 20.3. The second-order valence-electron chi connectivity index (χ2n) is 7.54.